The maximum atomic E-state index is 13.3. The zero-order chi connectivity index (χ0) is 8.72. The van der Waals surface area contributed by atoms with Crippen LogP contribution < -0.4 is 0 Å². The molecule has 0 saturated carbocycles. The number of hydrogen-bond donors (Lipinski definition) is 1. The Morgan fingerprint density at radius 1 is 1.50 bits per heavy atom. The summed E-state index contributed by atoms with van der Waals surface area (Å²) in [6.45, 7) is 0. The number of halogens is 2. The number of H-pyrrole nitrogens is 1. The highest BCUT2D eigenvalue weighted by atomic mass is 79.9. The van der Waals surface area contributed by atoms with Gasteiger partial charge < -0.3 is 4.98 Å². The van der Waals surface area contributed by atoms with Crippen LogP contribution in [0.1, 0.15) is 0 Å². The van der Waals surface area contributed by atoms with Crippen molar-refractivity contribution in [3.63, 3.8) is 0 Å². The molecule has 1 aromatic heterocycles. The molecule has 12 heavy (non-hydrogen) atoms. The molecule has 1 heterocycles. The van der Waals surface area contributed by atoms with Crippen molar-refractivity contribution in [1.29, 1.82) is 0 Å². The minimum atomic E-state index is -0.246. The van der Waals surface area contributed by atoms with E-state index in [0.717, 1.165) is 5.52 Å². The topological polar surface area (TPSA) is 15.8 Å². The predicted molar refractivity (Wildman–Crippen MR) is 54.7 cm³/mol. The molecule has 0 amide bonds. The minimum Gasteiger partial charge on any atom is -0.337 e. The number of fused-ring (bicyclic) bond motifs is 1. The Balaban J connectivity index is 2.99. The molecule has 0 aliphatic heterocycles. The summed E-state index contributed by atoms with van der Waals surface area (Å²) < 4.78 is 15.0. The smallest absolute Gasteiger partial charge is 0.159 e. The van der Waals surface area contributed by atoms with Crippen molar-refractivity contribution >= 4 is 49.7 Å². The van der Waals surface area contributed by atoms with E-state index in [1.165, 1.54) is 11.3 Å². The van der Waals surface area contributed by atoms with Crippen molar-refractivity contribution in [3.8, 4) is 0 Å². The number of rotatable bonds is 0. The first kappa shape index (κ1) is 8.34. The van der Waals surface area contributed by atoms with Gasteiger partial charge in [0.15, 0.2) is 9.77 Å². The number of thiazole rings is 1. The van der Waals surface area contributed by atoms with Crippen LogP contribution in [0.5, 0.6) is 0 Å². The summed E-state index contributed by atoms with van der Waals surface area (Å²) in [5, 5.41) is 0. The number of benzene rings is 1. The standard InChI is InChI=1S/C7H3BrFNS2/c8-3-1-2-4-6(5(3)9)12-7(11)10-4/h1-2H,(H,10,11). The first-order chi connectivity index (χ1) is 5.68. The largest absolute Gasteiger partial charge is 0.337 e. The van der Waals surface area contributed by atoms with E-state index in [2.05, 4.69) is 20.9 Å². The van der Waals surface area contributed by atoms with Gasteiger partial charge in [-0.15, -0.1) is 11.3 Å². The molecule has 5 heteroatoms. The van der Waals surface area contributed by atoms with Gasteiger partial charge in [-0.1, -0.05) is 0 Å². The monoisotopic (exact) mass is 263 g/mol. The average Bonchev–Trinajstić information content (AvgIpc) is 2.39. The SMILES string of the molecule is Fc1c(Br)ccc2[nH]c(=S)sc12. The highest BCUT2D eigenvalue weighted by Gasteiger charge is 2.06. The van der Waals surface area contributed by atoms with Gasteiger partial charge in [0.1, 0.15) is 0 Å². The van der Waals surface area contributed by atoms with E-state index in [1.54, 1.807) is 12.1 Å². The molecule has 62 valence electrons. The molecule has 0 unspecified atom stereocenters. The van der Waals surface area contributed by atoms with Gasteiger partial charge in [0.2, 0.25) is 0 Å². The summed E-state index contributed by atoms with van der Waals surface area (Å²) in [6, 6.07) is 3.46. The van der Waals surface area contributed by atoms with E-state index in [-0.39, 0.29) is 5.82 Å². The summed E-state index contributed by atoms with van der Waals surface area (Å²) in [4.78, 5) is 2.90. The van der Waals surface area contributed by atoms with E-state index in [9.17, 15) is 4.39 Å². The summed E-state index contributed by atoms with van der Waals surface area (Å²) in [5.41, 5.74) is 0.755. The van der Waals surface area contributed by atoms with Crippen molar-refractivity contribution in [2.24, 2.45) is 0 Å². The second-order valence-electron chi connectivity index (χ2n) is 2.25. The van der Waals surface area contributed by atoms with Crippen molar-refractivity contribution in [2.75, 3.05) is 0 Å². The van der Waals surface area contributed by atoms with Crippen LogP contribution in [-0.2, 0) is 0 Å². The molecular formula is C7H3BrFNS2. The Kier molecular flexibility index (Phi) is 2.02. The maximum Gasteiger partial charge on any atom is 0.159 e. The second kappa shape index (κ2) is 2.90. The lowest BCUT2D eigenvalue weighted by atomic mass is 10.3. The van der Waals surface area contributed by atoms with E-state index in [0.29, 0.717) is 13.1 Å². The molecule has 0 bridgehead atoms. The Labute approximate surface area is 85.4 Å². The first-order valence-corrected chi connectivity index (χ1v) is 5.17. The molecule has 0 aliphatic carbocycles. The molecule has 0 atom stereocenters. The zero-order valence-corrected chi connectivity index (χ0v) is 8.95. The number of hydrogen-bond acceptors (Lipinski definition) is 2. The average molecular weight is 264 g/mol. The third kappa shape index (κ3) is 1.22. The predicted octanol–water partition coefficient (Wildman–Crippen LogP) is 3.86. The summed E-state index contributed by atoms with van der Waals surface area (Å²) in [6.07, 6.45) is 0. The Morgan fingerprint density at radius 3 is 3.00 bits per heavy atom. The molecule has 1 nitrogen and oxygen atoms in total. The molecule has 0 aliphatic rings. The lowest BCUT2D eigenvalue weighted by molar-refractivity contribution is 0.635. The number of aromatic nitrogens is 1. The van der Waals surface area contributed by atoms with Crippen LogP contribution in [0, 0.1) is 9.77 Å². The van der Waals surface area contributed by atoms with Gasteiger partial charge in [-0.2, -0.15) is 0 Å². The molecule has 2 rings (SSSR count). The van der Waals surface area contributed by atoms with Crippen LogP contribution in [-0.4, -0.2) is 4.98 Å². The van der Waals surface area contributed by atoms with Crippen LogP contribution in [0.3, 0.4) is 0 Å². The minimum absolute atomic E-state index is 0.246. The third-order valence-corrected chi connectivity index (χ3v) is 3.34. The highest BCUT2D eigenvalue weighted by Crippen LogP contribution is 2.27. The normalized spacial score (nSPS) is 10.8. The van der Waals surface area contributed by atoms with E-state index in [4.69, 9.17) is 12.2 Å². The lowest BCUT2D eigenvalue weighted by Gasteiger charge is -1.93. The van der Waals surface area contributed by atoms with Gasteiger partial charge >= 0.3 is 0 Å². The van der Waals surface area contributed by atoms with Crippen molar-refractivity contribution in [2.45, 2.75) is 0 Å². The fourth-order valence-electron chi connectivity index (χ4n) is 0.958. The zero-order valence-electron chi connectivity index (χ0n) is 5.73. The van der Waals surface area contributed by atoms with Crippen LogP contribution in [0.2, 0.25) is 0 Å². The van der Waals surface area contributed by atoms with E-state index >= 15 is 0 Å². The molecule has 0 radical (unpaired) electrons. The molecular weight excluding hydrogens is 261 g/mol. The number of aromatic amines is 1. The highest BCUT2D eigenvalue weighted by molar-refractivity contribution is 9.10. The van der Waals surface area contributed by atoms with Crippen LogP contribution >= 0.6 is 39.5 Å². The van der Waals surface area contributed by atoms with Gasteiger partial charge in [0, 0.05) is 0 Å². The Hall–Kier alpha value is -0.260. The van der Waals surface area contributed by atoms with E-state index in [1.807, 2.05) is 0 Å². The van der Waals surface area contributed by atoms with Crippen LogP contribution in [0.15, 0.2) is 16.6 Å². The summed E-state index contributed by atoms with van der Waals surface area (Å²) in [7, 11) is 0. The van der Waals surface area contributed by atoms with E-state index < -0.39 is 0 Å². The third-order valence-electron chi connectivity index (χ3n) is 1.48. The second-order valence-corrected chi connectivity index (χ2v) is 4.79. The molecule has 1 N–H and O–H groups in total. The summed E-state index contributed by atoms with van der Waals surface area (Å²) >= 11 is 9.25. The maximum absolute atomic E-state index is 13.3. The fraction of sp³-hybridized carbons (Fsp3) is 0. The van der Waals surface area contributed by atoms with Gasteiger partial charge in [-0.3, -0.25) is 0 Å². The lowest BCUT2D eigenvalue weighted by Crippen LogP contribution is -1.76. The quantitative estimate of drug-likeness (QED) is 0.714. The Morgan fingerprint density at radius 2 is 2.25 bits per heavy atom. The molecule has 2 aromatic rings. The first-order valence-electron chi connectivity index (χ1n) is 3.15. The summed E-state index contributed by atoms with van der Waals surface area (Å²) in [5.74, 6) is -0.246. The van der Waals surface area contributed by atoms with Crippen molar-refractivity contribution in [3.05, 3.63) is 26.4 Å². The van der Waals surface area contributed by atoms with Gasteiger partial charge in [-0.05, 0) is 40.3 Å². The fourth-order valence-corrected chi connectivity index (χ4v) is 2.55. The van der Waals surface area contributed by atoms with Crippen molar-refractivity contribution < 1.29 is 4.39 Å². The van der Waals surface area contributed by atoms with Gasteiger partial charge in [0.05, 0.1) is 14.7 Å². The van der Waals surface area contributed by atoms with Crippen LogP contribution in [0.4, 0.5) is 4.39 Å². The number of nitrogens with one attached hydrogen (secondary N) is 1. The van der Waals surface area contributed by atoms with Gasteiger partial charge in [-0.25, -0.2) is 4.39 Å². The van der Waals surface area contributed by atoms with Crippen LogP contribution in [0.25, 0.3) is 10.2 Å². The Bertz CT molecular complexity index is 488. The molecule has 1 aromatic carbocycles. The van der Waals surface area contributed by atoms with Gasteiger partial charge in [0.25, 0.3) is 0 Å². The molecule has 0 spiro atoms. The molecule has 0 fully saturated rings. The van der Waals surface area contributed by atoms with Crippen molar-refractivity contribution in [1.82, 2.24) is 4.98 Å². The molecule has 0 saturated heterocycles.